The van der Waals surface area contributed by atoms with Gasteiger partial charge in [-0.25, -0.2) is 5.43 Å². The Bertz CT molecular complexity index is 970. The number of aryl methyl sites for hydroxylation is 2. The highest BCUT2D eigenvalue weighted by Crippen LogP contribution is 2.25. The number of amides is 1. The number of hydrazone groups is 1. The first-order valence-electron chi connectivity index (χ1n) is 10.1. The van der Waals surface area contributed by atoms with Crippen LogP contribution < -0.4 is 5.43 Å². The summed E-state index contributed by atoms with van der Waals surface area (Å²) in [6, 6.07) is 16.3. The smallest absolute Gasteiger partial charge is 0.244 e. The van der Waals surface area contributed by atoms with Crippen LogP contribution in [0.1, 0.15) is 55.0 Å². The second-order valence-corrected chi connectivity index (χ2v) is 7.32. The zero-order chi connectivity index (χ0) is 19.9. The molecule has 0 aliphatic carbocycles. The maximum absolute atomic E-state index is 12.6. The summed E-state index contributed by atoms with van der Waals surface area (Å²) in [5.74, 6) is -0.0885. The Kier molecular flexibility index (Phi) is 6.64. The summed E-state index contributed by atoms with van der Waals surface area (Å²) < 4.78 is 0. The molecular formula is C24H29N3O. The molecule has 28 heavy (non-hydrogen) atoms. The number of aromatic amines is 1. The summed E-state index contributed by atoms with van der Waals surface area (Å²) in [7, 11) is 0. The van der Waals surface area contributed by atoms with Crippen LogP contribution in [0.5, 0.6) is 0 Å². The first-order valence-corrected chi connectivity index (χ1v) is 10.1. The Balaban J connectivity index is 1.75. The Morgan fingerprint density at radius 2 is 1.82 bits per heavy atom. The Morgan fingerprint density at radius 3 is 2.57 bits per heavy atom. The summed E-state index contributed by atoms with van der Waals surface area (Å²) in [6.45, 7) is 6.28. The lowest BCUT2D eigenvalue weighted by Crippen LogP contribution is -2.22. The van der Waals surface area contributed by atoms with Crippen molar-refractivity contribution in [3.8, 4) is 0 Å². The van der Waals surface area contributed by atoms with Crippen LogP contribution in [0.15, 0.2) is 53.6 Å². The molecule has 0 aliphatic rings. The highest BCUT2D eigenvalue weighted by Gasteiger charge is 2.13. The third-order valence-corrected chi connectivity index (χ3v) is 5.14. The molecule has 0 saturated heterocycles. The van der Waals surface area contributed by atoms with Gasteiger partial charge in [-0.15, -0.1) is 0 Å². The van der Waals surface area contributed by atoms with Crippen molar-refractivity contribution in [2.75, 3.05) is 0 Å². The Morgan fingerprint density at radius 1 is 1.04 bits per heavy atom. The largest absolute Gasteiger partial charge is 0.358 e. The number of nitrogens with zero attached hydrogens (tertiary/aromatic N) is 1. The van der Waals surface area contributed by atoms with Gasteiger partial charge in [0.25, 0.3) is 0 Å². The fourth-order valence-electron chi connectivity index (χ4n) is 3.55. The van der Waals surface area contributed by atoms with Gasteiger partial charge in [-0.05, 0) is 43.4 Å². The van der Waals surface area contributed by atoms with Gasteiger partial charge >= 0.3 is 0 Å². The average Bonchev–Trinajstić information content (AvgIpc) is 3.02. The molecule has 0 unspecified atom stereocenters. The number of hydrogen-bond acceptors (Lipinski definition) is 2. The second-order valence-electron chi connectivity index (χ2n) is 7.32. The molecule has 1 amide bonds. The van der Waals surface area contributed by atoms with Gasteiger partial charge in [0, 0.05) is 16.6 Å². The van der Waals surface area contributed by atoms with Crippen molar-refractivity contribution < 1.29 is 4.79 Å². The zero-order valence-electron chi connectivity index (χ0n) is 17.0. The molecule has 0 atom stereocenters. The number of para-hydroxylation sites is 1. The molecule has 0 fully saturated rings. The number of benzene rings is 2. The van der Waals surface area contributed by atoms with E-state index in [-0.39, 0.29) is 5.91 Å². The van der Waals surface area contributed by atoms with Crippen LogP contribution in [-0.2, 0) is 11.2 Å². The minimum atomic E-state index is -0.0885. The summed E-state index contributed by atoms with van der Waals surface area (Å²) in [4.78, 5) is 16.0. The third-order valence-electron chi connectivity index (χ3n) is 5.14. The quantitative estimate of drug-likeness (QED) is 0.308. The van der Waals surface area contributed by atoms with Crippen molar-refractivity contribution in [2.45, 2.75) is 52.9 Å². The number of aromatic nitrogens is 1. The highest BCUT2D eigenvalue weighted by molar-refractivity contribution is 6.01. The van der Waals surface area contributed by atoms with E-state index in [4.69, 9.17) is 0 Å². The predicted octanol–water partition coefficient (Wildman–Crippen LogP) is 5.43. The van der Waals surface area contributed by atoms with E-state index in [2.05, 4.69) is 41.5 Å². The highest BCUT2D eigenvalue weighted by atomic mass is 16.2. The van der Waals surface area contributed by atoms with Crippen molar-refractivity contribution >= 4 is 22.5 Å². The third kappa shape index (κ3) is 4.69. The zero-order valence-corrected chi connectivity index (χ0v) is 17.0. The van der Waals surface area contributed by atoms with Crippen molar-refractivity contribution in [3.05, 3.63) is 70.9 Å². The first-order chi connectivity index (χ1) is 13.6. The van der Waals surface area contributed by atoms with Crippen LogP contribution in [0.25, 0.3) is 10.9 Å². The van der Waals surface area contributed by atoms with Gasteiger partial charge in [0.2, 0.25) is 5.91 Å². The summed E-state index contributed by atoms with van der Waals surface area (Å²) in [6.07, 6.45) is 4.57. The van der Waals surface area contributed by atoms with Crippen LogP contribution in [-0.4, -0.2) is 16.6 Å². The molecular weight excluding hydrogens is 346 g/mol. The van der Waals surface area contributed by atoms with Crippen molar-refractivity contribution in [3.63, 3.8) is 0 Å². The Hall–Kier alpha value is -2.88. The topological polar surface area (TPSA) is 57.2 Å². The van der Waals surface area contributed by atoms with Crippen LogP contribution in [0.2, 0.25) is 0 Å². The number of unbranched alkanes of at least 4 members (excludes halogenated alkanes) is 2. The normalized spacial score (nSPS) is 11.8. The van der Waals surface area contributed by atoms with Gasteiger partial charge in [-0.3, -0.25) is 4.79 Å². The number of nitrogens with one attached hydrogen (secondary N) is 2. The fraction of sp³-hybridized carbons (Fsp3) is 0.333. The van der Waals surface area contributed by atoms with E-state index in [0.29, 0.717) is 6.42 Å². The molecule has 1 aromatic heterocycles. The van der Waals surface area contributed by atoms with E-state index in [1.807, 2.05) is 43.3 Å². The molecule has 0 aliphatic heterocycles. The van der Waals surface area contributed by atoms with Gasteiger partial charge in [-0.2, -0.15) is 5.10 Å². The summed E-state index contributed by atoms with van der Waals surface area (Å²) in [5, 5.41) is 5.59. The molecule has 1 heterocycles. The van der Waals surface area contributed by atoms with Crippen LogP contribution in [0.4, 0.5) is 0 Å². The maximum atomic E-state index is 12.6. The van der Waals surface area contributed by atoms with E-state index in [0.717, 1.165) is 59.1 Å². The van der Waals surface area contributed by atoms with Gasteiger partial charge in [0.15, 0.2) is 0 Å². The number of hydrogen-bond donors (Lipinski definition) is 2. The fourth-order valence-corrected chi connectivity index (χ4v) is 3.55. The maximum Gasteiger partial charge on any atom is 0.244 e. The predicted molar refractivity (Wildman–Crippen MR) is 117 cm³/mol. The molecule has 3 aromatic rings. The summed E-state index contributed by atoms with van der Waals surface area (Å²) >= 11 is 0. The van der Waals surface area contributed by atoms with E-state index in [1.165, 1.54) is 5.56 Å². The van der Waals surface area contributed by atoms with Crippen LogP contribution in [0, 0.1) is 13.8 Å². The standard InChI is InChI=1S/C24H29N3O/c1-4-5-7-15-22(19-12-8-6-9-13-19)26-27-23(28)16-21-18(3)25-24-17(2)11-10-14-20(21)24/h6,8-14,25H,4-5,7,15-16H2,1-3H3,(H,27,28)/b26-22+. The molecule has 2 N–H and O–H groups in total. The lowest BCUT2D eigenvalue weighted by atomic mass is 10.0. The molecule has 2 aromatic carbocycles. The summed E-state index contributed by atoms with van der Waals surface area (Å²) in [5.41, 5.74) is 9.17. The number of H-pyrrole nitrogens is 1. The van der Waals surface area contributed by atoms with E-state index in [1.54, 1.807) is 0 Å². The molecule has 0 bridgehead atoms. The molecule has 4 nitrogen and oxygen atoms in total. The number of carbonyl (C=O) groups excluding carboxylic acids is 1. The number of carbonyl (C=O) groups is 1. The Labute approximate surface area is 167 Å². The lowest BCUT2D eigenvalue weighted by molar-refractivity contribution is -0.120. The molecule has 0 radical (unpaired) electrons. The van der Waals surface area contributed by atoms with Crippen LogP contribution >= 0.6 is 0 Å². The van der Waals surface area contributed by atoms with E-state index in [9.17, 15) is 4.79 Å². The van der Waals surface area contributed by atoms with Crippen molar-refractivity contribution in [1.29, 1.82) is 0 Å². The average molecular weight is 376 g/mol. The molecule has 4 heteroatoms. The molecule has 0 saturated carbocycles. The van der Waals surface area contributed by atoms with Gasteiger partial charge in [0.05, 0.1) is 12.1 Å². The van der Waals surface area contributed by atoms with Gasteiger partial charge in [-0.1, -0.05) is 68.3 Å². The van der Waals surface area contributed by atoms with Crippen molar-refractivity contribution in [1.82, 2.24) is 10.4 Å². The van der Waals surface area contributed by atoms with Crippen molar-refractivity contribution in [2.24, 2.45) is 5.10 Å². The minimum Gasteiger partial charge on any atom is -0.358 e. The van der Waals surface area contributed by atoms with E-state index >= 15 is 0 Å². The van der Waals surface area contributed by atoms with Gasteiger partial charge in [0.1, 0.15) is 0 Å². The second kappa shape index (κ2) is 9.36. The first kappa shape index (κ1) is 19.9. The van der Waals surface area contributed by atoms with Crippen LogP contribution in [0.3, 0.4) is 0 Å². The number of fused-ring (bicyclic) bond motifs is 1. The minimum absolute atomic E-state index is 0.0885. The number of rotatable bonds is 8. The SMILES string of the molecule is CCCCC/C(=N\NC(=O)Cc1c(C)[nH]c2c(C)cccc12)c1ccccc1. The van der Waals surface area contributed by atoms with E-state index < -0.39 is 0 Å². The molecule has 146 valence electrons. The molecule has 0 spiro atoms. The molecule has 3 rings (SSSR count). The lowest BCUT2D eigenvalue weighted by Gasteiger charge is -2.08. The van der Waals surface area contributed by atoms with Gasteiger partial charge < -0.3 is 4.98 Å². The monoisotopic (exact) mass is 375 g/mol.